The van der Waals surface area contributed by atoms with Crippen LogP contribution in [0.5, 0.6) is 0 Å². The number of benzene rings is 2. The van der Waals surface area contributed by atoms with E-state index in [4.69, 9.17) is 14.2 Å². The van der Waals surface area contributed by atoms with Crippen molar-refractivity contribution >= 4 is 5.91 Å². The maximum Gasteiger partial charge on any atom is 0.238 e. The third kappa shape index (κ3) is 3.12. The molecule has 31 heavy (non-hydrogen) atoms. The lowest BCUT2D eigenvalue weighted by Gasteiger charge is -2.35. The zero-order valence-electron chi connectivity index (χ0n) is 17.9. The second-order valence-corrected chi connectivity index (χ2v) is 9.47. The molecular formula is C25H28N2O4. The maximum absolute atomic E-state index is 12.9. The first-order valence-electron chi connectivity index (χ1n) is 11.2. The molecule has 6 atom stereocenters. The Labute approximate surface area is 182 Å². The molecule has 3 heterocycles. The van der Waals surface area contributed by atoms with Crippen LogP contribution in [0.2, 0.25) is 0 Å². The molecule has 6 rings (SSSR count). The Hall–Kier alpha value is -2.25. The highest BCUT2D eigenvalue weighted by molar-refractivity contribution is 5.79. The van der Waals surface area contributed by atoms with Gasteiger partial charge < -0.3 is 14.2 Å². The number of carbonyl (C=O) groups is 1. The molecule has 6 nitrogen and oxygen atoms in total. The summed E-state index contributed by atoms with van der Waals surface area (Å²) in [4.78, 5) is 12.9. The second-order valence-electron chi connectivity index (χ2n) is 9.47. The molecule has 162 valence electrons. The summed E-state index contributed by atoms with van der Waals surface area (Å²) in [5.74, 6) is -0.289. The highest BCUT2D eigenvalue weighted by Crippen LogP contribution is 2.53. The molecular weight excluding hydrogens is 392 g/mol. The van der Waals surface area contributed by atoms with Crippen molar-refractivity contribution in [3.63, 3.8) is 0 Å². The number of ether oxygens (including phenoxy) is 3. The fourth-order valence-corrected chi connectivity index (χ4v) is 5.93. The number of nitrogens with zero attached hydrogens (tertiary/aromatic N) is 2. The summed E-state index contributed by atoms with van der Waals surface area (Å²) < 4.78 is 19.2. The number of hydrogen-bond acceptors (Lipinski definition) is 5. The average Bonchev–Trinajstić information content (AvgIpc) is 3.46. The molecule has 1 amide bonds. The summed E-state index contributed by atoms with van der Waals surface area (Å²) >= 11 is 0. The molecule has 1 aliphatic carbocycles. The first-order chi connectivity index (χ1) is 15.0. The van der Waals surface area contributed by atoms with Gasteiger partial charge >= 0.3 is 0 Å². The summed E-state index contributed by atoms with van der Waals surface area (Å²) in [6, 6.07) is 20.6. The van der Waals surface area contributed by atoms with Crippen molar-refractivity contribution in [3.05, 3.63) is 71.8 Å². The quantitative estimate of drug-likeness (QED) is 0.760. The van der Waals surface area contributed by atoms with Crippen LogP contribution < -0.4 is 0 Å². The summed E-state index contributed by atoms with van der Waals surface area (Å²) in [5.41, 5.74) is 2.30. The molecule has 2 aromatic rings. The zero-order valence-corrected chi connectivity index (χ0v) is 17.9. The van der Waals surface area contributed by atoms with E-state index in [-0.39, 0.29) is 42.2 Å². The molecule has 2 aromatic carbocycles. The maximum atomic E-state index is 12.9. The van der Waals surface area contributed by atoms with Crippen LogP contribution in [0.15, 0.2) is 60.7 Å². The highest BCUT2D eigenvalue weighted by Gasteiger charge is 2.67. The number of amides is 1. The number of rotatable bonds is 4. The van der Waals surface area contributed by atoms with Crippen LogP contribution in [0, 0.1) is 5.92 Å². The van der Waals surface area contributed by atoms with Gasteiger partial charge in [0.2, 0.25) is 5.91 Å². The monoisotopic (exact) mass is 420 g/mol. The average molecular weight is 421 g/mol. The minimum atomic E-state index is -0.639. The first kappa shape index (κ1) is 19.4. The number of hydrogen-bond donors (Lipinski definition) is 0. The SMILES string of the molecule is CC1(C)O[C@@H]2[C@@H](OCc3ccccc3)[C@H]3[C@H](CN4C(=O)C[C@H](c5ccccc5)N34)[C@@H]2O1. The van der Waals surface area contributed by atoms with Crippen LogP contribution >= 0.6 is 0 Å². The summed E-state index contributed by atoms with van der Waals surface area (Å²) in [5, 5.41) is 4.22. The van der Waals surface area contributed by atoms with Crippen molar-refractivity contribution in [3.8, 4) is 0 Å². The van der Waals surface area contributed by atoms with Gasteiger partial charge in [-0.25, -0.2) is 5.01 Å². The Morgan fingerprint density at radius 3 is 2.42 bits per heavy atom. The minimum absolute atomic E-state index is 0.0263. The summed E-state index contributed by atoms with van der Waals surface area (Å²) in [6.07, 6.45) is 0.124. The molecule has 0 radical (unpaired) electrons. The van der Waals surface area contributed by atoms with Crippen molar-refractivity contribution in [2.45, 2.75) is 63.1 Å². The van der Waals surface area contributed by atoms with E-state index in [1.165, 1.54) is 5.56 Å². The van der Waals surface area contributed by atoms with E-state index in [9.17, 15) is 4.79 Å². The largest absolute Gasteiger partial charge is 0.369 e. The predicted octanol–water partition coefficient (Wildman–Crippen LogP) is 3.29. The zero-order chi connectivity index (χ0) is 21.2. The Morgan fingerprint density at radius 1 is 1.00 bits per heavy atom. The summed E-state index contributed by atoms with van der Waals surface area (Å²) in [7, 11) is 0. The second kappa shape index (κ2) is 7.14. The van der Waals surface area contributed by atoms with Crippen LogP contribution in [-0.4, -0.2) is 52.6 Å². The van der Waals surface area contributed by atoms with E-state index in [1.807, 2.05) is 55.3 Å². The fraction of sp³-hybridized carbons (Fsp3) is 0.480. The van der Waals surface area contributed by atoms with Gasteiger partial charge in [0, 0.05) is 18.9 Å². The number of hydrazine groups is 1. The van der Waals surface area contributed by atoms with E-state index in [0.29, 0.717) is 19.6 Å². The number of carbonyl (C=O) groups excluding carboxylic acids is 1. The predicted molar refractivity (Wildman–Crippen MR) is 113 cm³/mol. The lowest BCUT2D eigenvalue weighted by Crippen LogP contribution is -2.48. The molecule has 0 unspecified atom stereocenters. The van der Waals surface area contributed by atoms with E-state index >= 15 is 0 Å². The lowest BCUT2D eigenvalue weighted by molar-refractivity contribution is -0.182. The standard InChI is InChI=1S/C25H28N2O4/c1-25(2)30-22-18-14-26-20(28)13-19(17-11-7-4-8-12-17)27(26)21(18)23(24(22)31-25)29-15-16-9-5-3-6-10-16/h3-12,18-19,21-24H,13-15H2,1-2H3/t18-,19+,21+,22-,23-,24-/m0/s1. The van der Waals surface area contributed by atoms with Gasteiger partial charge in [-0.3, -0.25) is 9.80 Å². The third-order valence-electron chi connectivity index (χ3n) is 7.10. The Balaban J connectivity index is 1.34. The molecule has 0 aromatic heterocycles. The molecule has 6 heteroatoms. The van der Waals surface area contributed by atoms with E-state index in [2.05, 4.69) is 29.3 Å². The van der Waals surface area contributed by atoms with Crippen molar-refractivity contribution in [2.24, 2.45) is 5.92 Å². The summed E-state index contributed by atoms with van der Waals surface area (Å²) in [6.45, 7) is 5.10. The highest BCUT2D eigenvalue weighted by atomic mass is 16.8. The molecule has 3 aliphatic heterocycles. The van der Waals surface area contributed by atoms with Gasteiger partial charge in [0.25, 0.3) is 0 Å². The topological polar surface area (TPSA) is 51.2 Å². The van der Waals surface area contributed by atoms with Gasteiger partial charge in [0.15, 0.2) is 5.79 Å². The van der Waals surface area contributed by atoms with Crippen LogP contribution in [0.3, 0.4) is 0 Å². The van der Waals surface area contributed by atoms with Crippen LogP contribution in [-0.2, 0) is 25.6 Å². The van der Waals surface area contributed by atoms with Gasteiger partial charge in [0.1, 0.15) is 12.2 Å². The van der Waals surface area contributed by atoms with Gasteiger partial charge in [-0.2, -0.15) is 0 Å². The molecule has 4 fully saturated rings. The normalized spacial score (nSPS) is 35.9. The van der Waals surface area contributed by atoms with Gasteiger partial charge in [0.05, 0.1) is 24.8 Å². The third-order valence-corrected chi connectivity index (χ3v) is 7.10. The smallest absolute Gasteiger partial charge is 0.238 e. The minimum Gasteiger partial charge on any atom is -0.369 e. The number of fused-ring (bicyclic) bond motifs is 5. The Morgan fingerprint density at radius 2 is 1.68 bits per heavy atom. The van der Waals surface area contributed by atoms with Crippen LogP contribution in [0.4, 0.5) is 0 Å². The fourth-order valence-electron chi connectivity index (χ4n) is 5.93. The van der Waals surface area contributed by atoms with Crippen molar-refractivity contribution in [1.29, 1.82) is 0 Å². The molecule has 1 saturated carbocycles. The van der Waals surface area contributed by atoms with Gasteiger partial charge in [-0.15, -0.1) is 0 Å². The van der Waals surface area contributed by atoms with Crippen molar-refractivity contribution in [1.82, 2.24) is 10.0 Å². The molecule has 0 N–H and O–H groups in total. The molecule has 3 saturated heterocycles. The van der Waals surface area contributed by atoms with Gasteiger partial charge in [-0.05, 0) is 25.0 Å². The molecule has 0 spiro atoms. The van der Waals surface area contributed by atoms with E-state index < -0.39 is 5.79 Å². The van der Waals surface area contributed by atoms with Crippen LogP contribution in [0.25, 0.3) is 0 Å². The Kier molecular flexibility index (Phi) is 4.47. The molecule has 0 bridgehead atoms. The first-order valence-corrected chi connectivity index (χ1v) is 11.2. The van der Waals surface area contributed by atoms with Crippen molar-refractivity contribution in [2.75, 3.05) is 6.54 Å². The Bertz CT molecular complexity index is 966. The van der Waals surface area contributed by atoms with Crippen molar-refractivity contribution < 1.29 is 19.0 Å². The lowest BCUT2D eigenvalue weighted by atomic mass is 9.97. The van der Waals surface area contributed by atoms with E-state index in [1.54, 1.807) is 0 Å². The van der Waals surface area contributed by atoms with Crippen LogP contribution in [0.1, 0.15) is 37.4 Å². The van der Waals surface area contributed by atoms with E-state index in [0.717, 1.165) is 5.56 Å². The molecule has 4 aliphatic rings. The van der Waals surface area contributed by atoms with Gasteiger partial charge in [-0.1, -0.05) is 60.7 Å².